The van der Waals surface area contributed by atoms with Crippen LogP contribution < -0.4 is 5.73 Å². The van der Waals surface area contributed by atoms with E-state index < -0.39 is 0 Å². The Bertz CT molecular complexity index is 459. The molecule has 0 bridgehead atoms. The molecule has 0 radical (unpaired) electrons. The maximum Gasteiger partial charge on any atom is 0.226 e. The Hall–Kier alpha value is -1.35. The van der Waals surface area contributed by atoms with Crippen LogP contribution in [0.2, 0.25) is 0 Å². The summed E-state index contributed by atoms with van der Waals surface area (Å²) < 4.78 is 0. The van der Waals surface area contributed by atoms with Crippen molar-refractivity contribution in [2.45, 2.75) is 37.6 Å². The van der Waals surface area contributed by atoms with Gasteiger partial charge in [-0.1, -0.05) is 24.3 Å². The van der Waals surface area contributed by atoms with Crippen LogP contribution in [0.3, 0.4) is 0 Å². The molecule has 2 fully saturated rings. The summed E-state index contributed by atoms with van der Waals surface area (Å²) in [6.45, 7) is 1.86. The van der Waals surface area contributed by atoms with Gasteiger partial charge in [0.1, 0.15) is 0 Å². The summed E-state index contributed by atoms with van der Waals surface area (Å²) in [5.74, 6) is 0.256. The fourth-order valence-electron chi connectivity index (χ4n) is 2.67. The third kappa shape index (κ3) is 2.27. The Morgan fingerprint density at radius 3 is 2.67 bits per heavy atom. The van der Waals surface area contributed by atoms with E-state index in [0.29, 0.717) is 6.42 Å². The molecule has 2 N–H and O–H groups in total. The van der Waals surface area contributed by atoms with Gasteiger partial charge in [0.25, 0.3) is 0 Å². The molecule has 3 nitrogen and oxygen atoms in total. The molecule has 0 aromatic heterocycles. The van der Waals surface area contributed by atoms with Crippen LogP contribution in [0.1, 0.15) is 36.8 Å². The highest BCUT2D eigenvalue weighted by Gasteiger charge is 2.39. The van der Waals surface area contributed by atoms with Gasteiger partial charge in [-0.2, -0.15) is 0 Å². The Morgan fingerprint density at radius 1 is 1.28 bits per heavy atom. The van der Waals surface area contributed by atoms with Crippen LogP contribution in [-0.4, -0.2) is 23.9 Å². The van der Waals surface area contributed by atoms with E-state index in [1.54, 1.807) is 0 Å². The van der Waals surface area contributed by atoms with E-state index in [9.17, 15) is 4.79 Å². The van der Waals surface area contributed by atoms with E-state index >= 15 is 0 Å². The first-order chi connectivity index (χ1) is 8.67. The number of nitrogens with two attached hydrogens (primary N) is 1. The monoisotopic (exact) mass is 244 g/mol. The predicted octanol–water partition coefficient (Wildman–Crippen LogP) is 1.80. The minimum Gasteiger partial charge on any atom is -0.342 e. The van der Waals surface area contributed by atoms with Crippen molar-refractivity contribution in [1.82, 2.24) is 4.90 Å². The van der Waals surface area contributed by atoms with Gasteiger partial charge in [-0.15, -0.1) is 0 Å². The molecule has 18 heavy (non-hydrogen) atoms. The molecule has 1 saturated heterocycles. The van der Waals surface area contributed by atoms with Gasteiger partial charge in [-0.25, -0.2) is 0 Å². The summed E-state index contributed by atoms with van der Waals surface area (Å²) in [7, 11) is 0. The molecule has 1 aliphatic heterocycles. The first-order valence-corrected chi connectivity index (χ1v) is 6.83. The largest absolute Gasteiger partial charge is 0.342 e. The van der Waals surface area contributed by atoms with E-state index in [1.807, 2.05) is 17.0 Å². The number of likely N-dealkylation sites (tertiary alicyclic amines) is 1. The van der Waals surface area contributed by atoms with Crippen molar-refractivity contribution in [3.63, 3.8) is 0 Å². The highest BCUT2D eigenvalue weighted by Crippen LogP contribution is 2.42. The number of hydrogen-bond acceptors (Lipinski definition) is 2. The average molecular weight is 244 g/mol. The summed E-state index contributed by atoms with van der Waals surface area (Å²) in [6, 6.07) is 8.25. The molecular weight excluding hydrogens is 224 g/mol. The van der Waals surface area contributed by atoms with Crippen molar-refractivity contribution < 1.29 is 4.79 Å². The molecule has 1 aliphatic carbocycles. The Labute approximate surface area is 108 Å². The second-order valence-electron chi connectivity index (χ2n) is 5.62. The van der Waals surface area contributed by atoms with Gasteiger partial charge in [0.05, 0.1) is 6.42 Å². The minimum absolute atomic E-state index is 0.104. The Balaban J connectivity index is 1.70. The lowest BCUT2D eigenvalue weighted by molar-refractivity contribution is -0.129. The number of rotatable bonds is 3. The van der Waals surface area contributed by atoms with E-state index in [2.05, 4.69) is 12.1 Å². The van der Waals surface area contributed by atoms with Crippen LogP contribution in [0.25, 0.3) is 0 Å². The second-order valence-corrected chi connectivity index (χ2v) is 5.62. The van der Waals surface area contributed by atoms with Crippen molar-refractivity contribution in [2.75, 3.05) is 13.1 Å². The topological polar surface area (TPSA) is 46.3 Å². The zero-order valence-corrected chi connectivity index (χ0v) is 10.7. The van der Waals surface area contributed by atoms with E-state index in [-0.39, 0.29) is 11.4 Å². The lowest BCUT2D eigenvalue weighted by Gasteiger charge is -2.16. The SMILES string of the molecule is NC1(c2cccc(CC(=O)N3CCCC3)c2)CC1. The molecule has 3 rings (SSSR count). The third-order valence-corrected chi connectivity index (χ3v) is 4.10. The third-order valence-electron chi connectivity index (χ3n) is 4.10. The van der Waals surface area contributed by atoms with Gasteiger partial charge >= 0.3 is 0 Å². The van der Waals surface area contributed by atoms with Crippen molar-refractivity contribution >= 4 is 5.91 Å². The van der Waals surface area contributed by atoms with Crippen LogP contribution in [0.4, 0.5) is 0 Å². The highest BCUT2D eigenvalue weighted by molar-refractivity contribution is 5.79. The molecule has 1 saturated carbocycles. The first kappa shape index (κ1) is 11.7. The number of carbonyl (C=O) groups excluding carboxylic acids is 1. The lowest BCUT2D eigenvalue weighted by Crippen LogP contribution is -2.29. The standard InChI is InChI=1S/C15H20N2O/c16-15(6-7-15)13-5-3-4-12(10-13)11-14(18)17-8-1-2-9-17/h3-5,10H,1-2,6-9,11,16H2. The van der Waals surface area contributed by atoms with Crippen LogP contribution in [0, 0.1) is 0 Å². The number of carbonyl (C=O) groups is 1. The zero-order valence-electron chi connectivity index (χ0n) is 10.7. The second kappa shape index (κ2) is 4.39. The van der Waals surface area contributed by atoms with Gasteiger partial charge in [0.15, 0.2) is 0 Å². The molecule has 96 valence electrons. The lowest BCUT2D eigenvalue weighted by atomic mass is 10.0. The van der Waals surface area contributed by atoms with Crippen LogP contribution >= 0.6 is 0 Å². The molecular formula is C15H20N2O. The van der Waals surface area contributed by atoms with Crippen LogP contribution in [-0.2, 0) is 16.8 Å². The Morgan fingerprint density at radius 2 is 2.00 bits per heavy atom. The quantitative estimate of drug-likeness (QED) is 0.881. The zero-order chi connectivity index (χ0) is 12.6. The minimum atomic E-state index is -0.104. The van der Waals surface area contributed by atoms with E-state index in [1.165, 1.54) is 5.56 Å². The Kier molecular flexibility index (Phi) is 2.86. The van der Waals surface area contributed by atoms with Gasteiger partial charge < -0.3 is 10.6 Å². The average Bonchev–Trinajstić information content (AvgIpc) is 2.93. The molecule has 1 amide bonds. The van der Waals surface area contributed by atoms with Crippen molar-refractivity contribution in [2.24, 2.45) is 5.73 Å². The number of amides is 1. The normalized spacial score (nSPS) is 21.1. The molecule has 0 spiro atoms. The maximum absolute atomic E-state index is 12.1. The molecule has 0 atom stereocenters. The fraction of sp³-hybridized carbons (Fsp3) is 0.533. The van der Waals surface area contributed by atoms with Gasteiger partial charge in [-0.3, -0.25) is 4.79 Å². The highest BCUT2D eigenvalue weighted by atomic mass is 16.2. The summed E-state index contributed by atoms with van der Waals surface area (Å²) in [5, 5.41) is 0. The van der Waals surface area contributed by atoms with Crippen molar-refractivity contribution in [1.29, 1.82) is 0 Å². The van der Waals surface area contributed by atoms with Gasteiger partial charge in [-0.05, 0) is 36.8 Å². The van der Waals surface area contributed by atoms with Crippen molar-refractivity contribution in [3.8, 4) is 0 Å². The maximum atomic E-state index is 12.1. The molecule has 1 heterocycles. The fourth-order valence-corrected chi connectivity index (χ4v) is 2.67. The summed E-state index contributed by atoms with van der Waals surface area (Å²) in [6.07, 6.45) is 4.95. The van der Waals surface area contributed by atoms with Gasteiger partial charge in [0, 0.05) is 18.6 Å². The van der Waals surface area contributed by atoms with Gasteiger partial charge in [0.2, 0.25) is 5.91 Å². The van der Waals surface area contributed by atoms with Crippen LogP contribution in [0.5, 0.6) is 0 Å². The van der Waals surface area contributed by atoms with Crippen LogP contribution in [0.15, 0.2) is 24.3 Å². The molecule has 2 aliphatic rings. The molecule has 0 unspecified atom stereocenters. The summed E-state index contributed by atoms with van der Waals surface area (Å²) >= 11 is 0. The number of nitrogens with zero attached hydrogens (tertiary/aromatic N) is 1. The molecule has 3 heteroatoms. The predicted molar refractivity (Wildman–Crippen MR) is 71.1 cm³/mol. The molecule has 1 aromatic rings. The van der Waals surface area contributed by atoms with Crippen molar-refractivity contribution in [3.05, 3.63) is 35.4 Å². The van der Waals surface area contributed by atoms with E-state index in [0.717, 1.165) is 44.3 Å². The number of hydrogen-bond donors (Lipinski definition) is 1. The number of benzene rings is 1. The first-order valence-electron chi connectivity index (χ1n) is 6.83. The molecule has 1 aromatic carbocycles. The van der Waals surface area contributed by atoms with E-state index in [4.69, 9.17) is 5.73 Å². The smallest absolute Gasteiger partial charge is 0.226 e. The summed E-state index contributed by atoms with van der Waals surface area (Å²) in [4.78, 5) is 14.1. The summed E-state index contributed by atoms with van der Waals surface area (Å²) in [5.41, 5.74) is 8.38.